The molecule has 0 N–H and O–H groups in total. The van der Waals surface area contributed by atoms with Gasteiger partial charge in [-0.25, -0.2) is 0 Å². The Morgan fingerprint density at radius 3 is 2.60 bits per heavy atom. The van der Waals surface area contributed by atoms with Crippen LogP contribution in [0.25, 0.3) is 12.2 Å². The molecule has 0 aliphatic carbocycles. The lowest BCUT2D eigenvalue weighted by Gasteiger charge is -1.92. The second kappa shape index (κ2) is 2.89. The molecule has 1 aromatic carbocycles. The Hall–Kier alpha value is -1.48. The average Bonchev–Trinajstić information content (AvgIpc) is 2.04. The minimum absolute atomic E-state index is 0.956. The summed E-state index contributed by atoms with van der Waals surface area (Å²) in [4.78, 5) is 0. The fourth-order valence-corrected chi connectivity index (χ4v) is 0.760. The van der Waals surface area contributed by atoms with Gasteiger partial charge in [-0.1, -0.05) is 37.4 Å². The van der Waals surface area contributed by atoms with Gasteiger partial charge in [0.25, 0.3) is 0 Å². The molecule has 0 saturated carbocycles. The summed E-state index contributed by atoms with van der Waals surface area (Å²) in [5.41, 5.74) is 2.01. The molecule has 0 aliphatic heterocycles. The molecule has 0 fully saturated rings. The third kappa shape index (κ3) is 1.09. The van der Waals surface area contributed by atoms with Crippen LogP contribution in [-0.4, -0.2) is 0 Å². The van der Waals surface area contributed by atoms with E-state index in [0.29, 0.717) is 0 Å². The Kier molecular flexibility index (Phi) is 1.92. The summed E-state index contributed by atoms with van der Waals surface area (Å²) in [6.07, 6.45) is 3.52. The van der Waals surface area contributed by atoms with Gasteiger partial charge in [0.15, 0.2) is 0 Å². The lowest BCUT2D eigenvalue weighted by molar-refractivity contribution is 1.65. The van der Waals surface area contributed by atoms with Crippen LogP contribution in [0.2, 0.25) is 0 Å². The molecule has 0 radical (unpaired) electrons. The van der Waals surface area contributed by atoms with Crippen LogP contribution in [0.3, 0.4) is 0 Å². The van der Waals surface area contributed by atoms with E-state index in [9.17, 15) is 0 Å². The summed E-state index contributed by atoms with van der Waals surface area (Å²) >= 11 is 0. The van der Waals surface area contributed by atoms with Crippen molar-refractivity contribution in [3.05, 3.63) is 48.6 Å². The Morgan fingerprint density at radius 1 is 1.30 bits per heavy atom. The van der Waals surface area contributed by atoms with Gasteiger partial charge in [-0.05, 0) is 17.7 Å². The molecule has 0 heterocycles. The van der Waals surface area contributed by atoms with Gasteiger partial charge in [0, 0.05) is 5.56 Å². The highest BCUT2D eigenvalue weighted by atomic mass is 13.9. The van der Waals surface area contributed by atoms with Gasteiger partial charge in [0.1, 0.15) is 0 Å². The third-order valence-corrected chi connectivity index (χ3v) is 1.29. The number of hydrogen-bond donors (Lipinski definition) is 0. The maximum Gasteiger partial charge on any atom is 0.0315 e. The first kappa shape index (κ1) is 6.64. The average molecular weight is 128 g/mol. The van der Waals surface area contributed by atoms with E-state index in [1.54, 1.807) is 12.2 Å². The number of hydrogen-bond acceptors (Lipinski definition) is 0. The van der Waals surface area contributed by atoms with Gasteiger partial charge in [-0.15, -0.1) is 0 Å². The third-order valence-electron chi connectivity index (χ3n) is 1.29. The zero-order chi connectivity index (χ0) is 7.40. The van der Waals surface area contributed by atoms with Crippen molar-refractivity contribution in [2.45, 2.75) is 0 Å². The molecular weight excluding hydrogens is 120 g/mol. The molecule has 0 saturated heterocycles. The van der Waals surface area contributed by atoms with E-state index in [-0.39, 0.29) is 0 Å². The van der Waals surface area contributed by atoms with Crippen LogP contribution in [-0.2, 0) is 0 Å². The second-order valence-electron chi connectivity index (χ2n) is 1.88. The molecule has 0 amide bonds. The van der Waals surface area contributed by atoms with Gasteiger partial charge in [0.2, 0.25) is 0 Å². The van der Waals surface area contributed by atoms with Crippen LogP contribution in [0.4, 0.5) is 0 Å². The summed E-state index contributed by atoms with van der Waals surface area (Å²) in [5.74, 6) is 0. The highest BCUT2D eigenvalue weighted by molar-refractivity contribution is 5.61. The summed E-state index contributed by atoms with van der Waals surface area (Å²) < 4.78 is 0. The van der Waals surface area contributed by atoms with Crippen molar-refractivity contribution in [2.75, 3.05) is 0 Å². The zero-order valence-electron chi connectivity index (χ0n) is 5.72. The lowest BCUT2D eigenvalue weighted by atomic mass is 10.1. The summed E-state index contributed by atoms with van der Waals surface area (Å²) in [6.45, 7) is 7.30. The topological polar surface area (TPSA) is 0 Å². The molecule has 0 aliphatic rings. The standard InChI is InChI=1S/C10H8/c1-3-9-7-5-6-8-10(9)4-2/h3-5,7H,1-2H2. The van der Waals surface area contributed by atoms with E-state index >= 15 is 0 Å². The maximum absolute atomic E-state index is 3.66. The van der Waals surface area contributed by atoms with Crippen molar-refractivity contribution in [3.8, 4) is 0 Å². The molecular formula is C10H8. The molecule has 0 unspecified atom stereocenters. The van der Waals surface area contributed by atoms with Crippen molar-refractivity contribution in [1.82, 2.24) is 0 Å². The second-order valence-corrected chi connectivity index (χ2v) is 1.88. The highest BCUT2D eigenvalue weighted by Gasteiger charge is 1.88. The minimum atomic E-state index is 0.956. The summed E-state index contributed by atoms with van der Waals surface area (Å²) in [5, 5.41) is 0. The Morgan fingerprint density at radius 2 is 2.10 bits per heavy atom. The smallest absolute Gasteiger partial charge is 0.0315 e. The molecule has 0 spiro atoms. The van der Waals surface area contributed by atoms with Gasteiger partial charge in [-0.2, -0.15) is 0 Å². The fraction of sp³-hybridized carbons (Fsp3) is 0. The Bertz CT molecular complexity index is 219. The Balaban J connectivity index is 3.20. The van der Waals surface area contributed by atoms with Crippen molar-refractivity contribution in [3.63, 3.8) is 0 Å². The predicted molar refractivity (Wildman–Crippen MR) is 44.3 cm³/mol. The van der Waals surface area contributed by atoms with E-state index in [1.807, 2.05) is 12.1 Å². The zero-order valence-corrected chi connectivity index (χ0v) is 5.72. The molecule has 0 nitrogen and oxygen atoms in total. The minimum Gasteiger partial charge on any atom is -0.0984 e. The van der Waals surface area contributed by atoms with E-state index < -0.39 is 0 Å². The first-order chi connectivity index (χ1) is 4.88. The SMILES string of the molecule is C=Cc1c#cccc1C=C. The molecule has 1 rings (SSSR count). The van der Waals surface area contributed by atoms with Crippen LogP contribution in [0.1, 0.15) is 11.1 Å². The van der Waals surface area contributed by atoms with E-state index in [4.69, 9.17) is 0 Å². The quantitative estimate of drug-likeness (QED) is 0.574. The van der Waals surface area contributed by atoms with Crippen molar-refractivity contribution >= 4 is 12.2 Å². The van der Waals surface area contributed by atoms with Crippen LogP contribution >= 0.6 is 0 Å². The lowest BCUT2D eigenvalue weighted by Crippen LogP contribution is -1.74. The highest BCUT2D eigenvalue weighted by Crippen LogP contribution is 2.06. The first-order valence-electron chi connectivity index (χ1n) is 3.05. The van der Waals surface area contributed by atoms with Crippen molar-refractivity contribution in [1.29, 1.82) is 0 Å². The van der Waals surface area contributed by atoms with E-state index in [1.165, 1.54) is 0 Å². The Labute approximate surface area is 61.5 Å². The fourth-order valence-electron chi connectivity index (χ4n) is 0.760. The monoisotopic (exact) mass is 128 g/mol. The van der Waals surface area contributed by atoms with Crippen LogP contribution in [0.5, 0.6) is 0 Å². The predicted octanol–water partition coefficient (Wildman–Crippen LogP) is 2.57. The van der Waals surface area contributed by atoms with E-state index in [0.717, 1.165) is 11.1 Å². The normalized spacial score (nSPS) is 8.00. The van der Waals surface area contributed by atoms with Crippen molar-refractivity contribution < 1.29 is 0 Å². The first-order valence-corrected chi connectivity index (χ1v) is 3.05. The molecule has 10 heavy (non-hydrogen) atoms. The molecule has 48 valence electrons. The van der Waals surface area contributed by atoms with Crippen LogP contribution < -0.4 is 0 Å². The molecule has 0 atom stereocenters. The van der Waals surface area contributed by atoms with Gasteiger partial charge < -0.3 is 0 Å². The number of rotatable bonds is 2. The van der Waals surface area contributed by atoms with Gasteiger partial charge in [-0.3, -0.25) is 0 Å². The van der Waals surface area contributed by atoms with Crippen molar-refractivity contribution in [2.24, 2.45) is 0 Å². The van der Waals surface area contributed by atoms with Gasteiger partial charge in [0.05, 0.1) is 0 Å². The summed E-state index contributed by atoms with van der Waals surface area (Å²) in [6, 6.07) is 9.51. The van der Waals surface area contributed by atoms with E-state index in [2.05, 4.69) is 25.3 Å². The van der Waals surface area contributed by atoms with Gasteiger partial charge >= 0.3 is 0 Å². The molecule has 0 aromatic heterocycles. The molecule has 0 heteroatoms. The summed E-state index contributed by atoms with van der Waals surface area (Å²) in [7, 11) is 0. The molecule has 0 bridgehead atoms. The van der Waals surface area contributed by atoms with Crippen LogP contribution in [0, 0.1) is 12.1 Å². The molecule has 1 aromatic rings. The largest absolute Gasteiger partial charge is 0.0984 e. The maximum atomic E-state index is 3.66. The van der Waals surface area contributed by atoms with Crippen LogP contribution in [0.15, 0.2) is 25.3 Å².